The Hall–Kier alpha value is -1.44. The maximum Gasteiger partial charge on any atom is 0.240 e. The number of aryl methyl sites for hydroxylation is 1. The van der Waals surface area contributed by atoms with Gasteiger partial charge in [0.15, 0.2) is 0 Å². The van der Waals surface area contributed by atoms with Crippen LogP contribution in [0.2, 0.25) is 0 Å². The smallest absolute Gasteiger partial charge is 0.240 e. The van der Waals surface area contributed by atoms with E-state index in [1.54, 1.807) is 24.3 Å². The fourth-order valence-electron chi connectivity index (χ4n) is 2.74. The second-order valence-corrected chi connectivity index (χ2v) is 7.79. The highest BCUT2D eigenvalue weighted by atomic mass is 32.2. The normalized spacial score (nSPS) is 22.1. The van der Waals surface area contributed by atoms with E-state index in [0.717, 1.165) is 5.56 Å². The molecule has 2 rings (SSSR count). The molecule has 1 aliphatic heterocycles. The van der Waals surface area contributed by atoms with Crippen LogP contribution in [0.1, 0.15) is 25.8 Å². The van der Waals surface area contributed by atoms with Gasteiger partial charge in [0.05, 0.1) is 17.1 Å². The van der Waals surface area contributed by atoms with E-state index in [0.29, 0.717) is 25.9 Å². The van der Waals surface area contributed by atoms with Crippen molar-refractivity contribution in [1.29, 1.82) is 0 Å². The molecule has 2 atom stereocenters. The molecular weight excluding hydrogens is 316 g/mol. The van der Waals surface area contributed by atoms with Gasteiger partial charge < -0.3 is 9.64 Å². The van der Waals surface area contributed by atoms with Crippen molar-refractivity contribution in [2.75, 3.05) is 20.1 Å². The molecule has 0 bridgehead atoms. The van der Waals surface area contributed by atoms with Gasteiger partial charge in [-0.05, 0) is 45.0 Å². The van der Waals surface area contributed by atoms with Crippen LogP contribution in [0.25, 0.3) is 0 Å². The number of ether oxygens (including phenoxy) is 1. The van der Waals surface area contributed by atoms with Crippen molar-refractivity contribution in [2.24, 2.45) is 0 Å². The van der Waals surface area contributed by atoms with E-state index in [9.17, 15) is 13.2 Å². The highest BCUT2D eigenvalue weighted by Gasteiger charge is 2.25. The zero-order chi connectivity index (χ0) is 17.0. The van der Waals surface area contributed by atoms with Gasteiger partial charge in [0, 0.05) is 19.5 Å². The number of hydrogen-bond acceptors (Lipinski definition) is 4. The third kappa shape index (κ3) is 4.76. The Balaban J connectivity index is 1.92. The maximum atomic E-state index is 12.3. The van der Waals surface area contributed by atoms with Crippen molar-refractivity contribution in [3.63, 3.8) is 0 Å². The molecule has 1 aliphatic rings. The molecule has 0 radical (unpaired) electrons. The van der Waals surface area contributed by atoms with E-state index in [1.807, 2.05) is 18.7 Å². The molecule has 23 heavy (non-hydrogen) atoms. The third-order valence-electron chi connectivity index (χ3n) is 3.90. The number of carbonyl (C=O) groups is 1. The summed E-state index contributed by atoms with van der Waals surface area (Å²) in [5.41, 5.74) is 0.947. The summed E-state index contributed by atoms with van der Waals surface area (Å²) >= 11 is 0. The second kappa shape index (κ2) is 7.42. The molecule has 1 aromatic carbocycles. The van der Waals surface area contributed by atoms with Crippen molar-refractivity contribution in [3.8, 4) is 0 Å². The fraction of sp³-hybridized carbons (Fsp3) is 0.562. The van der Waals surface area contributed by atoms with E-state index in [4.69, 9.17) is 4.74 Å². The molecule has 0 aliphatic carbocycles. The average molecular weight is 340 g/mol. The highest BCUT2D eigenvalue weighted by molar-refractivity contribution is 7.89. The molecule has 7 heteroatoms. The number of benzene rings is 1. The fourth-order valence-corrected chi connectivity index (χ4v) is 3.47. The minimum Gasteiger partial charge on any atom is -0.372 e. The van der Waals surface area contributed by atoms with E-state index < -0.39 is 10.0 Å². The molecule has 0 saturated carbocycles. The van der Waals surface area contributed by atoms with Gasteiger partial charge in [-0.25, -0.2) is 13.1 Å². The first-order chi connectivity index (χ1) is 10.8. The van der Waals surface area contributed by atoms with E-state index >= 15 is 0 Å². The van der Waals surface area contributed by atoms with Crippen LogP contribution >= 0.6 is 0 Å². The van der Waals surface area contributed by atoms with Crippen molar-refractivity contribution in [3.05, 3.63) is 29.8 Å². The summed E-state index contributed by atoms with van der Waals surface area (Å²) in [5, 5.41) is 0. The summed E-state index contributed by atoms with van der Waals surface area (Å²) < 4.78 is 31.2. The Labute approximate surface area is 137 Å². The first-order valence-electron chi connectivity index (χ1n) is 7.77. The molecule has 1 N–H and O–H groups in total. The van der Waals surface area contributed by atoms with Crippen LogP contribution in [-0.2, 0) is 26.0 Å². The Morgan fingerprint density at radius 3 is 2.30 bits per heavy atom. The second-order valence-electron chi connectivity index (χ2n) is 5.91. The zero-order valence-electron chi connectivity index (χ0n) is 13.8. The van der Waals surface area contributed by atoms with Crippen LogP contribution < -0.4 is 4.72 Å². The molecule has 1 saturated heterocycles. The number of carbonyl (C=O) groups excluding carboxylic acids is 1. The van der Waals surface area contributed by atoms with Crippen LogP contribution in [0.15, 0.2) is 29.2 Å². The lowest BCUT2D eigenvalue weighted by atomic mass is 10.1. The Morgan fingerprint density at radius 1 is 1.22 bits per heavy atom. The number of amides is 1. The number of morpholine rings is 1. The SMILES string of the molecule is CNS(=O)(=O)c1ccc(CCC(=O)N2CC(C)OC(C)C2)cc1. The summed E-state index contributed by atoms with van der Waals surface area (Å²) in [6, 6.07) is 6.62. The van der Waals surface area contributed by atoms with Gasteiger partial charge in [0.25, 0.3) is 0 Å². The number of nitrogens with one attached hydrogen (secondary N) is 1. The predicted molar refractivity (Wildman–Crippen MR) is 87.6 cm³/mol. The van der Waals surface area contributed by atoms with Gasteiger partial charge in [-0.1, -0.05) is 12.1 Å². The van der Waals surface area contributed by atoms with Crippen LogP contribution in [0.4, 0.5) is 0 Å². The first-order valence-corrected chi connectivity index (χ1v) is 9.26. The zero-order valence-corrected chi connectivity index (χ0v) is 14.6. The van der Waals surface area contributed by atoms with Gasteiger partial charge in [0.2, 0.25) is 15.9 Å². The number of nitrogens with zero attached hydrogens (tertiary/aromatic N) is 1. The standard InChI is InChI=1S/C16H24N2O4S/c1-12-10-18(11-13(2)22-12)16(19)9-6-14-4-7-15(8-5-14)23(20,21)17-3/h4-5,7-8,12-13,17H,6,9-11H2,1-3H3. The van der Waals surface area contributed by atoms with E-state index in [1.165, 1.54) is 7.05 Å². The largest absolute Gasteiger partial charge is 0.372 e. The highest BCUT2D eigenvalue weighted by Crippen LogP contribution is 2.15. The van der Waals surface area contributed by atoms with E-state index in [2.05, 4.69) is 4.72 Å². The van der Waals surface area contributed by atoms with Gasteiger partial charge >= 0.3 is 0 Å². The van der Waals surface area contributed by atoms with Gasteiger partial charge in [0.1, 0.15) is 0 Å². The van der Waals surface area contributed by atoms with Crippen molar-refractivity contribution >= 4 is 15.9 Å². The summed E-state index contributed by atoms with van der Waals surface area (Å²) in [5.74, 6) is 0.110. The number of hydrogen-bond donors (Lipinski definition) is 1. The summed E-state index contributed by atoms with van der Waals surface area (Å²) in [7, 11) is -2.03. The minimum absolute atomic E-state index is 0.0636. The molecule has 1 fully saturated rings. The molecular formula is C16H24N2O4S. The predicted octanol–water partition coefficient (Wildman–Crippen LogP) is 1.16. The topological polar surface area (TPSA) is 75.7 Å². The number of sulfonamides is 1. The van der Waals surface area contributed by atoms with Gasteiger partial charge in [-0.2, -0.15) is 0 Å². The summed E-state index contributed by atoms with van der Waals surface area (Å²) in [6.45, 7) is 5.19. The molecule has 0 aromatic heterocycles. The maximum absolute atomic E-state index is 12.3. The van der Waals surface area contributed by atoms with Crippen molar-refractivity contribution < 1.29 is 17.9 Å². The van der Waals surface area contributed by atoms with Crippen molar-refractivity contribution in [2.45, 2.75) is 43.8 Å². The molecule has 1 amide bonds. The lowest BCUT2D eigenvalue weighted by molar-refractivity contribution is -0.143. The van der Waals surface area contributed by atoms with Gasteiger partial charge in [-0.15, -0.1) is 0 Å². The van der Waals surface area contributed by atoms with Crippen LogP contribution in [0.3, 0.4) is 0 Å². The Kier molecular flexibility index (Phi) is 5.78. The first kappa shape index (κ1) is 17.9. The van der Waals surface area contributed by atoms with Crippen molar-refractivity contribution in [1.82, 2.24) is 9.62 Å². The Bertz CT molecular complexity index is 633. The molecule has 128 valence electrons. The van der Waals surface area contributed by atoms with Crippen LogP contribution in [-0.4, -0.2) is 51.6 Å². The van der Waals surface area contributed by atoms with Crippen LogP contribution in [0, 0.1) is 0 Å². The Morgan fingerprint density at radius 2 is 1.78 bits per heavy atom. The quantitative estimate of drug-likeness (QED) is 0.873. The molecule has 2 unspecified atom stereocenters. The molecule has 0 spiro atoms. The third-order valence-corrected chi connectivity index (χ3v) is 5.33. The number of rotatable bonds is 5. The van der Waals surface area contributed by atoms with E-state index in [-0.39, 0.29) is 23.0 Å². The minimum atomic E-state index is -3.41. The van der Waals surface area contributed by atoms with Crippen LogP contribution in [0.5, 0.6) is 0 Å². The average Bonchev–Trinajstić information content (AvgIpc) is 2.52. The summed E-state index contributed by atoms with van der Waals surface area (Å²) in [6.07, 6.45) is 1.14. The lowest BCUT2D eigenvalue weighted by Crippen LogP contribution is -2.48. The lowest BCUT2D eigenvalue weighted by Gasteiger charge is -2.35. The molecule has 1 heterocycles. The molecule has 1 aromatic rings. The monoisotopic (exact) mass is 340 g/mol. The molecule has 6 nitrogen and oxygen atoms in total. The van der Waals surface area contributed by atoms with Gasteiger partial charge in [-0.3, -0.25) is 4.79 Å². The summed E-state index contributed by atoms with van der Waals surface area (Å²) in [4.78, 5) is 14.4.